The highest BCUT2D eigenvalue weighted by Crippen LogP contribution is 2.37. The van der Waals surface area contributed by atoms with E-state index < -0.39 is 123 Å². The maximum absolute atomic E-state index is 13.8. The Morgan fingerprint density at radius 3 is 1.85 bits per heavy atom. The Hall–Kier alpha value is -7.16. The Kier molecular flexibility index (Phi) is 22.1. The number of carboxylic acids is 2. The highest BCUT2D eigenvalue weighted by Gasteiger charge is 2.34. The molecule has 0 bridgehead atoms. The average Bonchev–Trinajstić information content (AvgIpc) is 3.72. The van der Waals surface area contributed by atoms with Crippen molar-refractivity contribution in [3.8, 4) is 5.75 Å². The van der Waals surface area contributed by atoms with Crippen LogP contribution in [0.1, 0.15) is 57.2 Å². The highest BCUT2D eigenvalue weighted by atomic mass is 31.2. The van der Waals surface area contributed by atoms with Gasteiger partial charge in [0.05, 0.1) is 31.8 Å². The van der Waals surface area contributed by atoms with E-state index in [4.69, 9.17) is 32.7 Å². The molecule has 7 amide bonds. The number of carboxylic acid groups (broad SMARTS) is 2. The maximum Gasteiger partial charge on any atom is 0.524 e. The van der Waals surface area contributed by atoms with E-state index >= 15 is 0 Å². The fourth-order valence-corrected chi connectivity index (χ4v) is 6.28. The van der Waals surface area contributed by atoms with Crippen LogP contribution in [0, 0.1) is 5.92 Å². The van der Waals surface area contributed by atoms with Gasteiger partial charge in [0.25, 0.3) is 0 Å². The lowest BCUT2D eigenvalue weighted by molar-refractivity contribution is -0.142. The van der Waals surface area contributed by atoms with Gasteiger partial charge in [-0.3, -0.25) is 53.1 Å². The lowest BCUT2D eigenvalue weighted by Gasteiger charge is -2.26. The van der Waals surface area contributed by atoms with Crippen molar-refractivity contribution >= 4 is 67.1 Å². The molecule has 66 heavy (non-hydrogen) atoms. The van der Waals surface area contributed by atoms with Crippen LogP contribution < -0.4 is 59.4 Å². The normalized spacial score (nSPS) is 13.8. The molecule has 6 atom stereocenters. The molecule has 29 heteroatoms. The van der Waals surface area contributed by atoms with Crippen molar-refractivity contribution in [1.29, 1.82) is 0 Å². The number of nitrogens with zero attached hydrogens (tertiary/aromatic N) is 2. The molecule has 0 saturated heterocycles. The number of nitrogens with two attached hydrogens (primary N) is 4. The van der Waals surface area contributed by atoms with Gasteiger partial charge in [0, 0.05) is 31.3 Å². The van der Waals surface area contributed by atoms with E-state index in [0.717, 1.165) is 12.1 Å². The minimum atomic E-state index is -4.96. The molecule has 28 nitrogen and oxygen atoms in total. The van der Waals surface area contributed by atoms with Crippen molar-refractivity contribution < 1.29 is 72.2 Å². The third kappa shape index (κ3) is 21.5. The lowest BCUT2D eigenvalue weighted by atomic mass is 10.0. The first kappa shape index (κ1) is 55.0. The first-order valence-electron chi connectivity index (χ1n) is 20.0. The monoisotopic (exact) mass is 953 g/mol. The van der Waals surface area contributed by atoms with Crippen molar-refractivity contribution in [2.75, 3.05) is 13.1 Å². The van der Waals surface area contributed by atoms with Crippen LogP contribution in [-0.4, -0.2) is 139 Å². The number of aliphatic carboxylic acids is 2. The molecule has 0 aliphatic heterocycles. The summed E-state index contributed by atoms with van der Waals surface area (Å²) in [6.45, 7) is 2.76. The maximum atomic E-state index is 13.8. The number of aromatic nitrogens is 2. The fraction of sp³-hybridized carbons (Fsp3) is 0.486. The van der Waals surface area contributed by atoms with Gasteiger partial charge in [0.1, 0.15) is 36.0 Å². The number of aromatic amines is 1. The number of nitrogens with one attached hydrogen (secondary N) is 7. The molecular formula is C37H56N13O15P. The number of H-pyrrole nitrogens is 1. The Labute approximate surface area is 376 Å². The zero-order chi connectivity index (χ0) is 49.7. The van der Waals surface area contributed by atoms with Gasteiger partial charge in [0.2, 0.25) is 41.4 Å². The second-order valence-corrected chi connectivity index (χ2v) is 16.2. The molecule has 0 fully saturated rings. The smallest absolute Gasteiger partial charge is 0.481 e. The van der Waals surface area contributed by atoms with E-state index in [0.29, 0.717) is 5.69 Å². The molecule has 0 aliphatic rings. The van der Waals surface area contributed by atoms with Crippen LogP contribution in [0.25, 0.3) is 0 Å². The van der Waals surface area contributed by atoms with E-state index in [1.807, 2.05) is 0 Å². The second kappa shape index (κ2) is 26.6. The zero-order valence-corrected chi connectivity index (χ0v) is 36.7. The number of hydrogen-bond acceptors (Lipinski definition) is 14. The summed E-state index contributed by atoms with van der Waals surface area (Å²) in [7, 11) is -4.96. The summed E-state index contributed by atoms with van der Waals surface area (Å²) in [6.07, 6.45) is 0.313. The zero-order valence-electron chi connectivity index (χ0n) is 35.8. The van der Waals surface area contributed by atoms with Gasteiger partial charge in [-0.05, 0) is 42.9 Å². The van der Waals surface area contributed by atoms with Gasteiger partial charge in [-0.25, -0.2) is 14.3 Å². The molecule has 364 valence electrons. The van der Waals surface area contributed by atoms with Crippen molar-refractivity contribution in [1.82, 2.24) is 41.9 Å². The van der Waals surface area contributed by atoms with Crippen LogP contribution in [-0.2, 0) is 60.6 Å². The van der Waals surface area contributed by atoms with Crippen molar-refractivity contribution in [3.05, 3.63) is 48.0 Å². The number of hydrogen-bond donors (Lipinski definition) is 15. The topological polar surface area (TPSA) is 478 Å². The number of benzene rings is 1. The number of amides is 7. The molecule has 0 radical (unpaired) electrons. The molecule has 0 spiro atoms. The summed E-state index contributed by atoms with van der Waals surface area (Å²) in [6, 6.07) is -4.82. The van der Waals surface area contributed by atoms with Crippen LogP contribution in [0.3, 0.4) is 0 Å². The molecule has 1 aromatic heterocycles. The molecule has 19 N–H and O–H groups in total. The van der Waals surface area contributed by atoms with E-state index in [2.05, 4.69) is 51.4 Å². The molecule has 1 heterocycles. The molecule has 2 rings (SSSR count). The number of imidazole rings is 1. The number of rotatable bonds is 29. The minimum Gasteiger partial charge on any atom is -0.481 e. The van der Waals surface area contributed by atoms with Crippen LogP contribution in [0.15, 0.2) is 41.8 Å². The summed E-state index contributed by atoms with van der Waals surface area (Å²) in [4.78, 5) is 145. The van der Waals surface area contributed by atoms with Gasteiger partial charge < -0.3 is 74.6 Å². The molecular weight excluding hydrogens is 897 g/mol. The predicted molar refractivity (Wildman–Crippen MR) is 229 cm³/mol. The van der Waals surface area contributed by atoms with E-state index in [-0.39, 0.29) is 55.4 Å². The first-order chi connectivity index (χ1) is 30.8. The summed E-state index contributed by atoms with van der Waals surface area (Å²) in [5.41, 5.74) is 22.6. The highest BCUT2D eigenvalue weighted by molar-refractivity contribution is 7.46. The third-order valence-corrected chi connectivity index (χ3v) is 9.39. The van der Waals surface area contributed by atoms with Crippen molar-refractivity contribution in [3.63, 3.8) is 0 Å². The van der Waals surface area contributed by atoms with Crippen LogP contribution in [0.2, 0.25) is 0 Å². The van der Waals surface area contributed by atoms with E-state index in [1.54, 1.807) is 13.8 Å². The lowest BCUT2D eigenvalue weighted by Crippen LogP contribution is -2.60. The number of carbonyl (C=O) groups excluding carboxylic acids is 7. The number of carbonyl (C=O) groups is 9. The number of primary amides is 1. The number of guanidine groups is 1. The summed E-state index contributed by atoms with van der Waals surface area (Å²) >= 11 is 0. The summed E-state index contributed by atoms with van der Waals surface area (Å²) in [5.74, 6) is -11.3. The largest absolute Gasteiger partial charge is 0.524 e. The first-order valence-corrected chi connectivity index (χ1v) is 21.5. The quantitative estimate of drug-likeness (QED) is 0.0157. The number of aliphatic imine (C=N–C) groups is 1. The second-order valence-electron chi connectivity index (χ2n) is 15.1. The van der Waals surface area contributed by atoms with E-state index in [9.17, 15) is 57.9 Å². The van der Waals surface area contributed by atoms with Crippen LogP contribution in [0.4, 0.5) is 0 Å². The van der Waals surface area contributed by atoms with Crippen molar-refractivity contribution in [2.24, 2.45) is 33.8 Å². The van der Waals surface area contributed by atoms with Gasteiger partial charge in [-0.1, -0.05) is 26.0 Å². The average molecular weight is 954 g/mol. The van der Waals surface area contributed by atoms with Crippen molar-refractivity contribution in [2.45, 2.75) is 95.0 Å². The van der Waals surface area contributed by atoms with Crippen LogP contribution in [0.5, 0.6) is 5.75 Å². The Balaban J connectivity index is 2.33. The fourth-order valence-electron chi connectivity index (χ4n) is 5.89. The number of phosphoric ester groups is 1. The Morgan fingerprint density at radius 2 is 1.33 bits per heavy atom. The Bertz CT molecular complexity index is 2090. The van der Waals surface area contributed by atoms with Gasteiger partial charge in [-0.2, -0.15) is 0 Å². The molecule has 2 aromatic rings. The summed E-state index contributed by atoms with van der Waals surface area (Å²) < 4.78 is 15.8. The van der Waals surface area contributed by atoms with Crippen LogP contribution >= 0.6 is 7.82 Å². The molecule has 0 saturated carbocycles. The standard InChI is InChI=1S/C37H56N13O15P/c1-18(2)10-24(46-29(52)16-44-31(55)22(38)12-20-15-42-17-45-20)32(56)50-27(14-30(53)54)35(59)49-26(13-28(39)51)34(58)48-25(11-19-5-7-21(8-6-19)65-66(62,63)64)33(57)47-23(36(60)61)4-3-9-43-37(40)41/h5-8,15,17-18,22-27H,3-4,9-14,16,38H2,1-2H3,(H2,39,51)(H,42,45)(H,44,55)(H,46,52)(H,47,57)(H,48,58)(H,49,59)(H,50,56)(H,53,54)(H,60,61)(H4,40,41,43)(H2,62,63,64)/t22-,23-,24-,25-,26-,27-/m0/s1. The minimum absolute atomic E-state index is 0.000441. The molecule has 1 aromatic carbocycles. The SMILES string of the molecule is CC(C)C[C@H](NC(=O)CNC(=O)[C@@H](N)Cc1cnc[nH]1)C(=O)N[C@@H](CC(=O)O)C(=O)N[C@@H](CC(N)=O)C(=O)N[C@@H](Cc1ccc(OP(=O)(O)O)cc1)C(=O)N[C@@H](CCCN=C(N)N)C(=O)O. The van der Waals surface area contributed by atoms with Gasteiger partial charge >= 0.3 is 19.8 Å². The van der Waals surface area contributed by atoms with Gasteiger partial charge in [0.15, 0.2) is 5.96 Å². The Morgan fingerprint density at radius 1 is 0.773 bits per heavy atom. The summed E-state index contributed by atoms with van der Waals surface area (Å²) in [5, 5.41) is 33.2. The molecule has 0 unspecified atom stereocenters. The van der Waals surface area contributed by atoms with Gasteiger partial charge in [-0.15, -0.1) is 0 Å². The predicted octanol–water partition coefficient (Wildman–Crippen LogP) is -4.93. The van der Waals surface area contributed by atoms with E-state index in [1.165, 1.54) is 24.7 Å². The molecule has 0 aliphatic carbocycles. The third-order valence-electron chi connectivity index (χ3n) is 8.94. The number of phosphoric acid groups is 1.